The van der Waals surface area contributed by atoms with Gasteiger partial charge in [0.05, 0.1) is 24.8 Å². The maximum Gasteiger partial charge on any atom is 0.311 e. The molecule has 2 aromatic rings. The predicted molar refractivity (Wildman–Crippen MR) is 88.5 cm³/mol. The van der Waals surface area contributed by atoms with Crippen LogP contribution >= 0.6 is 0 Å². The summed E-state index contributed by atoms with van der Waals surface area (Å²) in [5, 5.41) is 4.10. The van der Waals surface area contributed by atoms with Crippen LogP contribution in [0.1, 0.15) is 27.5 Å². The first-order valence-corrected chi connectivity index (χ1v) is 8.03. The van der Waals surface area contributed by atoms with Gasteiger partial charge in [0.15, 0.2) is 0 Å². The number of likely N-dealkylation sites (tertiary alicyclic amines) is 1. The summed E-state index contributed by atoms with van der Waals surface area (Å²) in [5.41, 5.74) is 2.10. The van der Waals surface area contributed by atoms with Gasteiger partial charge in [0.1, 0.15) is 5.82 Å². The van der Waals surface area contributed by atoms with E-state index in [-0.39, 0.29) is 30.2 Å². The summed E-state index contributed by atoms with van der Waals surface area (Å²) in [4.78, 5) is 26.7. The van der Waals surface area contributed by atoms with Crippen LogP contribution in [-0.2, 0) is 16.6 Å². The van der Waals surface area contributed by atoms with E-state index < -0.39 is 5.92 Å². The Kier molecular flexibility index (Phi) is 4.57. The van der Waals surface area contributed by atoms with Crippen molar-refractivity contribution in [2.24, 2.45) is 13.0 Å². The fraction of sp³-hybridized carbons (Fsp3) is 0.389. The van der Waals surface area contributed by atoms with Crippen LogP contribution in [0.4, 0.5) is 4.39 Å². The topological polar surface area (TPSA) is 64.4 Å². The van der Waals surface area contributed by atoms with Crippen LogP contribution in [0.25, 0.3) is 0 Å². The molecule has 1 saturated heterocycles. The average molecular weight is 345 g/mol. The van der Waals surface area contributed by atoms with E-state index in [9.17, 15) is 14.0 Å². The molecule has 0 spiro atoms. The van der Waals surface area contributed by atoms with Gasteiger partial charge in [-0.1, -0.05) is 12.1 Å². The number of carbonyl (C=O) groups is 2. The van der Waals surface area contributed by atoms with E-state index in [4.69, 9.17) is 4.74 Å². The molecule has 0 N–H and O–H groups in total. The van der Waals surface area contributed by atoms with Crippen LogP contribution in [0, 0.1) is 18.7 Å². The fourth-order valence-corrected chi connectivity index (χ4v) is 3.29. The summed E-state index contributed by atoms with van der Waals surface area (Å²) in [6.45, 7) is 2.46. The molecule has 7 heteroatoms. The minimum Gasteiger partial charge on any atom is -0.469 e. The van der Waals surface area contributed by atoms with Crippen molar-refractivity contribution >= 4 is 11.9 Å². The second kappa shape index (κ2) is 6.66. The third-order valence-electron chi connectivity index (χ3n) is 4.87. The fourth-order valence-electron chi connectivity index (χ4n) is 3.29. The van der Waals surface area contributed by atoms with Gasteiger partial charge in [0.25, 0.3) is 5.91 Å². The summed E-state index contributed by atoms with van der Waals surface area (Å²) in [5.74, 6) is -1.57. The van der Waals surface area contributed by atoms with Crippen molar-refractivity contribution < 1.29 is 18.7 Å². The molecular weight excluding hydrogens is 325 g/mol. The number of ether oxygens (including phenoxy) is 1. The molecule has 0 unspecified atom stereocenters. The van der Waals surface area contributed by atoms with Crippen LogP contribution in [-0.4, -0.2) is 46.8 Å². The smallest absolute Gasteiger partial charge is 0.311 e. The van der Waals surface area contributed by atoms with Gasteiger partial charge >= 0.3 is 5.97 Å². The van der Waals surface area contributed by atoms with Crippen molar-refractivity contribution in [2.45, 2.75) is 12.8 Å². The number of hydrogen-bond acceptors (Lipinski definition) is 4. The Morgan fingerprint density at radius 1 is 1.24 bits per heavy atom. The number of rotatable bonds is 3. The van der Waals surface area contributed by atoms with Crippen molar-refractivity contribution in [1.29, 1.82) is 0 Å². The van der Waals surface area contributed by atoms with Crippen LogP contribution in [0.5, 0.6) is 0 Å². The Balaban J connectivity index is 1.88. The Hall–Kier alpha value is -2.70. The largest absolute Gasteiger partial charge is 0.469 e. The van der Waals surface area contributed by atoms with Crippen LogP contribution < -0.4 is 0 Å². The van der Waals surface area contributed by atoms with Crippen molar-refractivity contribution in [2.75, 3.05) is 20.2 Å². The summed E-state index contributed by atoms with van der Waals surface area (Å²) in [6, 6.07) is 6.03. The maximum absolute atomic E-state index is 13.2. The highest BCUT2D eigenvalue weighted by molar-refractivity contribution is 5.95. The SMILES string of the molecule is COC(=O)[C@H]1CN(C(=O)c2cnn(C)c2C)C[C@@H]1c1ccc(F)cc1. The molecular formula is C18H20FN3O3. The van der Waals surface area contributed by atoms with Crippen LogP contribution in [0.15, 0.2) is 30.5 Å². The number of nitrogens with zero attached hydrogens (tertiary/aromatic N) is 3. The zero-order chi connectivity index (χ0) is 18.1. The van der Waals surface area contributed by atoms with E-state index in [0.29, 0.717) is 12.1 Å². The monoisotopic (exact) mass is 345 g/mol. The quantitative estimate of drug-likeness (QED) is 0.797. The van der Waals surface area contributed by atoms with Gasteiger partial charge in [0, 0.05) is 31.7 Å². The number of halogens is 1. The minimum absolute atomic E-state index is 0.163. The normalized spacial score (nSPS) is 19.9. The van der Waals surface area contributed by atoms with Gasteiger partial charge in [0.2, 0.25) is 0 Å². The molecule has 0 radical (unpaired) electrons. The van der Waals surface area contributed by atoms with Crippen molar-refractivity contribution in [3.8, 4) is 0 Å². The lowest BCUT2D eigenvalue weighted by Crippen LogP contribution is -2.30. The number of hydrogen-bond donors (Lipinski definition) is 0. The zero-order valence-electron chi connectivity index (χ0n) is 14.4. The maximum atomic E-state index is 13.2. The van der Waals surface area contributed by atoms with E-state index >= 15 is 0 Å². The van der Waals surface area contributed by atoms with Crippen molar-refractivity contribution in [3.05, 3.63) is 53.1 Å². The van der Waals surface area contributed by atoms with E-state index in [1.54, 1.807) is 28.8 Å². The standard InChI is InChI=1S/C18H20FN3O3/c1-11-14(8-20-21(11)2)17(23)22-9-15(16(10-22)18(24)25-3)12-4-6-13(19)7-5-12/h4-8,15-16H,9-10H2,1-3H3/t15-,16+/m1/s1. The second-order valence-corrected chi connectivity index (χ2v) is 6.27. The molecule has 6 nitrogen and oxygen atoms in total. The van der Waals surface area contributed by atoms with Gasteiger partial charge in [-0.2, -0.15) is 5.10 Å². The molecule has 0 aliphatic carbocycles. The van der Waals surface area contributed by atoms with Crippen molar-refractivity contribution in [1.82, 2.24) is 14.7 Å². The lowest BCUT2D eigenvalue weighted by atomic mass is 9.89. The van der Waals surface area contributed by atoms with E-state index in [1.807, 2.05) is 6.92 Å². The van der Waals surface area contributed by atoms with Gasteiger partial charge in [-0.25, -0.2) is 4.39 Å². The van der Waals surface area contributed by atoms with Crippen molar-refractivity contribution in [3.63, 3.8) is 0 Å². The predicted octanol–water partition coefficient (Wildman–Crippen LogP) is 1.90. The summed E-state index contributed by atoms with van der Waals surface area (Å²) < 4.78 is 19.7. The molecule has 1 amide bonds. The first-order valence-electron chi connectivity index (χ1n) is 8.03. The summed E-state index contributed by atoms with van der Waals surface area (Å²) >= 11 is 0. The molecule has 3 rings (SSSR count). The van der Waals surface area contributed by atoms with Gasteiger partial charge in [-0.3, -0.25) is 14.3 Å². The molecule has 0 bridgehead atoms. The summed E-state index contributed by atoms with van der Waals surface area (Å²) in [7, 11) is 3.11. The van der Waals surface area contributed by atoms with E-state index in [1.165, 1.54) is 25.4 Å². The number of methoxy groups -OCH3 is 1. The lowest BCUT2D eigenvalue weighted by Gasteiger charge is -2.16. The average Bonchev–Trinajstić information content (AvgIpc) is 3.19. The molecule has 25 heavy (non-hydrogen) atoms. The Labute approximate surface area is 145 Å². The molecule has 2 atom stereocenters. The second-order valence-electron chi connectivity index (χ2n) is 6.27. The number of aryl methyl sites for hydroxylation is 1. The molecule has 1 aromatic heterocycles. The van der Waals surface area contributed by atoms with Gasteiger partial charge < -0.3 is 9.64 Å². The third kappa shape index (κ3) is 3.14. The van der Waals surface area contributed by atoms with E-state index in [0.717, 1.165) is 11.3 Å². The Bertz CT molecular complexity index is 800. The molecule has 1 fully saturated rings. The Morgan fingerprint density at radius 3 is 2.48 bits per heavy atom. The highest BCUT2D eigenvalue weighted by Gasteiger charge is 2.41. The highest BCUT2D eigenvalue weighted by atomic mass is 19.1. The third-order valence-corrected chi connectivity index (χ3v) is 4.87. The van der Waals surface area contributed by atoms with Gasteiger partial charge in [-0.05, 0) is 24.6 Å². The summed E-state index contributed by atoms with van der Waals surface area (Å²) in [6.07, 6.45) is 1.54. The zero-order valence-corrected chi connectivity index (χ0v) is 14.4. The first kappa shape index (κ1) is 17.1. The number of esters is 1. The van der Waals surface area contributed by atoms with Crippen LogP contribution in [0.3, 0.4) is 0 Å². The van der Waals surface area contributed by atoms with E-state index in [2.05, 4.69) is 5.10 Å². The minimum atomic E-state index is -0.476. The highest BCUT2D eigenvalue weighted by Crippen LogP contribution is 2.34. The van der Waals surface area contributed by atoms with Crippen LogP contribution in [0.2, 0.25) is 0 Å². The number of carbonyl (C=O) groups excluding carboxylic acids is 2. The number of benzene rings is 1. The van der Waals surface area contributed by atoms with Gasteiger partial charge in [-0.15, -0.1) is 0 Å². The molecule has 2 heterocycles. The Morgan fingerprint density at radius 2 is 1.92 bits per heavy atom. The lowest BCUT2D eigenvalue weighted by molar-refractivity contribution is -0.145. The molecule has 0 saturated carbocycles. The molecule has 1 aliphatic rings. The molecule has 1 aromatic carbocycles. The number of aromatic nitrogens is 2. The molecule has 1 aliphatic heterocycles. The first-order chi connectivity index (χ1) is 11.9. The number of amides is 1. The molecule has 132 valence electrons.